The number of ether oxygens (including phenoxy) is 1. The normalized spacial score (nSPS) is 10.1. The highest BCUT2D eigenvalue weighted by molar-refractivity contribution is 5.94. The predicted octanol–water partition coefficient (Wildman–Crippen LogP) is 2.52. The second-order valence-electron chi connectivity index (χ2n) is 3.48. The Morgan fingerprint density at radius 3 is 2.83 bits per heavy atom. The van der Waals surface area contributed by atoms with Crippen LogP contribution in [0.15, 0.2) is 36.5 Å². The zero-order valence-corrected chi connectivity index (χ0v) is 10.4. The van der Waals surface area contributed by atoms with Crippen LogP contribution < -0.4 is 10.6 Å². The second kappa shape index (κ2) is 7.11. The van der Waals surface area contributed by atoms with Gasteiger partial charge < -0.3 is 15.4 Å². The lowest BCUT2D eigenvalue weighted by atomic mass is 10.2. The molecule has 0 aliphatic heterocycles. The Bertz CT molecular complexity index is 455. The Hall–Kier alpha value is -2.30. The number of hydrogen-bond donors (Lipinski definition) is 2. The van der Waals surface area contributed by atoms with Crippen molar-refractivity contribution in [3.63, 3.8) is 0 Å². The minimum Gasteiger partial charge on any atom is -0.465 e. The smallest absolute Gasteiger partial charge is 0.337 e. The number of rotatable bonds is 4. The number of methoxy groups -OCH3 is 1. The molecule has 0 aliphatic carbocycles. The van der Waals surface area contributed by atoms with Crippen molar-refractivity contribution >= 4 is 17.7 Å². The molecule has 0 saturated heterocycles. The lowest BCUT2D eigenvalue weighted by molar-refractivity contribution is 0.0600. The molecule has 0 heterocycles. The van der Waals surface area contributed by atoms with Gasteiger partial charge in [0.15, 0.2) is 0 Å². The summed E-state index contributed by atoms with van der Waals surface area (Å²) in [6, 6.07) is 6.17. The molecule has 1 rings (SSSR count). The highest BCUT2D eigenvalue weighted by atomic mass is 16.5. The first-order chi connectivity index (χ1) is 8.67. The minimum atomic E-state index is -0.440. The van der Waals surface area contributed by atoms with E-state index >= 15 is 0 Å². The standard InChI is InChI=1S/C13H16N2O3/c1-3-4-8-14-13(17)15-11-7-5-6-10(9-11)12(16)18-2/h4-9H,3H2,1-2H3,(H2,14,15,17)/b8-4+. The number of esters is 1. The highest BCUT2D eigenvalue weighted by Gasteiger charge is 2.06. The summed E-state index contributed by atoms with van der Waals surface area (Å²) in [5.41, 5.74) is 0.916. The molecule has 0 saturated carbocycles. The van der Waals surface area contributed by atoms with Gasteiger partial charge in [-0.05, 0) is 24.6 Å². The number of carbonyl (C=O) groups excluding carboxylic acids is 2. The lowest BCUT2D eigenvalue weighted by Gasteiger charge is -2.06. The summed E-state index contributed by atoms with van der Waals surface area (Å²) in [5.74, 6) is -0.440. The molecule has 0 spiro atoms. The van der Waals surface area contributed by atoms with Crippen LogP contribution in [0.4, 0.5) is 10.5 Å². The van der Waals surface area contributed by atoms with Gasteiger partial charge >= 0.3 is 12.0 Å². The van der Waals surface area contributed by atoms with Gasteiger partial charge in [-0.15, -0.1) is 0 Å². The number of anilines is 1. The number of nitrogens with one attached hydrogen (secondary N) is 2. The molecule has 0 unspecified atom stereocenters. The van der Waals surface area contributed by atoms with Gasteiger partial charge in [-0.2, -0.15) is 0 Å². The first-order valence-corrected chi connectivity index (χ1v) is 5.58. The van der Waals surface area contributed by atoms with Crippen molar-refractivity contribution in [2.75, 3.05) is 12.4 Å². The molecule has 2 N–H and O–H groups in total. The Labute approximate surface area is 106 Å². The van der Waals surface area contributed by atoms with E-state index in [9.17, 15) is 9.59 Å². The number of allylic oxidation sites excluding steroid dienone is 1. The maximum Gasteiger partial charge on any atom is 0.337 e. The van der Waals surface area contributed by atoms with Gasteiger partial charge in [0.05, 0.1) is 12.7 Å². The molecule has 96 valence electrons. The summed E-state index contributed by atoms with van der Waals surface area (Å²) < 4.78 is 4.60. The van der Waals surface area contributed by atoms with Crippen molar-refractivity contribution in [2.24, 2.45) is 0 Å². The number of urea groups is 1. The molecule has 5 heteroatoms. The molecule has 0 aromatic heterocycles. The fraction of sp³-hybridized carbons (Fsp3) is 0.231. The molecule has 0 atom stereocenters. The van der Waals surface area contributed by atoms with Crippen LogP contribution in [0.1, 0.15) is 23.7 Å². The molecule has 1 aromatic rings. The van der Waals surface area contributed by atoms with Crippen molar-refractivity contribution < 1.29 is 14.3 Å². The van der Waals surface area contributed by atoms with Crippen LogP contribution in [0.2, 0.25) is 0 Å². The maximum atomic E-state index is 11.4. The molecular formula is C13H16N2O3. The Kier molecular flexibility index (Phi) is 5.44. The van der Waals surface area contributed by atoms with Crippen LogP contribution in [-0.2, 0) is 4.74 Å². The summed E-state index contributed by atoms with van der Waals surface area (Å²) in [5, 5.41) is 5.16. The van der Waals surface area contributed by atoms with Crippen molar-refractivity contribution in [1.29, 1.82) is 0 Å². The van der Waals surface area contributed by atoms with Gasteiger partial charge in [-0.3, -0.25) is 0 Å². The SMILES string of the molecule is CC/C=C/NC(=O)Nc1cccc(C(=O)OC)c1. The van der Waals surface area contributed by atoms with Crippen LogP contribution in [0.3, 0.4) is 0 Å². The predicted molar refractivity (Wildman–Crippen MR) is 69.4 cm³/mol. The van der Waals surface area contributed by atoms with E-state index in [1.165, 1.54) is 7.11 Å². The van der Waals surface area contributed by atoms with Gasteiger partial charge in [0.25, 0.3) is 0 Å². The highest BCUT2D eigenvalue weighted by Crippen LogP contribution is 2.11. The Morgan fingerprint density at radius 2 is 2.17 bits per heavy atom. The molecule has 18 heavy (non-hydrogen) atoms. The zero-order chi connectivity index (χ0) is 13.4. The van der Waals surface area contributed by atoms with E-state index in [0.29, 0.717) is 11.3 Å². The average molecular weight is 248 g/mol. The average Bonchev–Trinajstić information content (AvgIpc) is 2.38. The summed E-state index contributed by atoms with van der Waals surface area (Å²) in [4.78, 5) is 22.7. The van der Waals surface area contributed by atoms with Crippen LogP contribution in [0.5, 0.6) is 0 Å². The van der Waals surface area contributed by atoms with E-state index in [1.54, 1.807) is 30.5 Å². The van der Waals surface area contributed by atoms with Gasteiger partial charge in [0, 0.05) is 11.9 Å². The molecule has 0 radical (unpaired) electrons. The molecule has 5 nitrogen and oxygen atoms in total. The first kappa shape index (κ1) is 13.8. The van der Waals surface area contributed by atoms with E-state index in [0.717, 1.165) is 6.42 Å². The van der Waals surface area contributed by atoms with Gasteiger partial charge in [-0.25, -0.2) is 9.59 Å². The topological polar surface area (TPSA) is 67.4 Å². The van der Waals surface area contributed by atoms with Crippen molar-refractivity contribution in [2.45, 2.75) is 13.3 Å². The molecule has 0 fully saturated rings. The Balaban J connectivity index is 2.64. The van der Waals surface area contributed by atoms with E-state index in [1.807, 2.05) is 13.0 Å². The first-order valence-electron chi connectivity index (χ1n) is 5.58. The summed E-state index contributed by atoms with van der Waals surface area (Å²) >= 11 is 0. The van der Waals surface area contributed by atoms with Crippen LogP contribution >= 0.6 is 0 Å². The van der Waals surface area contributed by atoms with Gasteiger partial charge in [0.2, 0.25) is 0 Å². The van der Waals surface area contributed by atoms with E-state index in [-0.39, 0.29) is 6.03 Å². The molecule has 2 amide bonds. The van der Waals surface area contributed by atoms with Crippen molar-refractivity contribution in [1.82, 2.24) is 5.32 Å². The monoisotopic (exact) mass is 248 g/mol. The van der Waals surface area contributed by atoms with Gasteiger partial charge in [-0.1, -0.05) is 19.1 Å². The second-order valence-corrected chi connectivity index (χ2v) is 3.48. The fourth-order valence-corrected chi connectivity index (χ4v) is 1.26. The van der Waals surface area contributed by atoms with Gasteiger partial charge in [0.1, 0.15) is 0 Å². The van der Waals surface area contributed by atoms with Crippen molar-refractivity contribution in [3.8, 4) is 0 Å². The minimum absolute atomic E-state index is 0.360. The Morgan fingerprint density at radius 1 is 1.39 bits per heavy atom. The molecule has 0 bridgehead atoms. The number of benzene rings is 1. The third kappa shape index (κ3) is 4.29. The summed E-state index contributed by atoms with van der Waals surface area (Å²) in [6.07, 6.45) is 4.24. The fourth-order valence-electron chi connectivity index (χ4n) is 1.26. The molecule has 0 aliphatic rings. The summed E-state index contributed by atoms with van der Waals surface area (Å²) in [6.45, 7) is 1.97. The summed E-state index contributed by atoms with van der Waals surface area (Å²) in [7, 11) is 1.31. The largest absolute Gasteiger partial charge is 0.465 e. The van der Waals surface area contributed by atoms with Crippen LogP contribution in [-0.4, -0.2) is 19.1 Å². The number of amides is 2. The lowest BCUT2D eigenvalue weighted by Crippen LogP contribution is -2.23. The van der Waals surface area contributed by atoms with E-state index in [2.05, 4.69) is 15.4 Å². The van der Waals surface area contributed by atoms with Crippen molar-refractivity contribution in [3.05, 3.63) is 42.1 Å². The quantitative estimate of drug-likeness (QED) is 0.804. The zero-order valence-electron chi connectivity index (χ0n) is 10.4. The van der Waals surface area contributed by atoms with Crippen LogP contribution in [0, 0.1) is 0 Å². The van der Waals surface area contributed by atoms with Crippen LogP contribution in [0.25, 0.3) is 0 Å². The number of carbonyl (C=O) groups is 2. The molecular weight excluding hydrogens is 232 g/mol. The third-order valence-corrected chi connectivity index (χ3v) is 2.11. The number of hydrogen-bond acceptors (Lipinski definition) is 3. The molecule has 1 aromatic carbocycles. The van der Waals surface area contributed by atoms with E-state index < -0.39 is 5.97 Å². The van der Waals surface area contributed by atoms with E-state index in [4.69, 9.17) is 0 Å². The maximum absolute atomic E-state index is 11.4. The third-order valence-electron chi connectivity index (χ3n) is 2.11.